The van der Waals surface area contributed by atoms with Gasteiger partial charge in [0.1, 0.15) is 5.75 Å². The Morgan fingerprint density at radius 2 is 1.53 bits per heavy atom. The van der Waals surface area contributed by atoms with E-state index in [2.05, 4.69) is 0 Å². The molecule has 0 N–H and O–H groups in total. The maximum atomic E-state index is 13.5. The molecule has 0 saturated heterocycles. The molecule has 0 spiro atoms. The van der Waals surface area contributed by atoms with Crippen molar-refractivity contribution < 1.29 is 13.2 Å². The Morgan fingerprint density at radius 3 is 2.10 bits per heavy atom. The number of rotatable bonds is 6. The van der Waals surface area contributed by atoms with Crippen LogP contribution in [0.25, 0.3) is 0 Å². The van der Waals surface area contributed by atoms with Crippen molar-refractivity contribution >= 4 is 15.7 Å². The van der Waals surface area contributed by atoms with E-state index in [0.717, 1.165) is 10.1 Å². The van der Waals surface area contributed by atoms with Gasteiger partial charge in [0.05, 0.1) is 24.2 Å². The monoisotopic (exact) mass is 429 g/mol. The number of benzene rings is 2. The summed E-state index contributed by atoms with van der Waals surface area (Å²) in [7, 11) is 0.422. The molecule has 0 unspecified atom stereocenters. The van der Waals surface area contributed by atoms with Gasteiger partial charge in [-0.1, -0.05) is 17.7 Å². The fraction of sp³-hybridized carbons (Fsp3) is 0.238. The summed E-state index contributed by atoms with van der Waals surface area (Å²) < 4.78 is 35.5. The summed E-state index contributed by atoms with van der Waals surface area (Å²) in [6.45, 7) is 1.68. The number of ether oxygens (including phenoxy) is 1. The molecule has 8 nitrogen and oxygen atoms in total. The minimum absolute atomic E-state index is 0.109. The Bertz CT molecular complexity index is 1270. The lowest BCUT2D eigenvalue weighted by Crippen LogP contribution is -2.40. The van der Waals surface area contributed by atoms with Gasteiger partial charge < -0.3 is 4.74 Å². The first kappa shape index (κ1) is 21.4. The van der Waals surface area contributed by atoms with Crippen LogP contribution in [-0.4, -0.2) is 24.7 Å². The van der Waals surface area contributed by atoms with Crippen molar-refractivity contribution in [1.82, 2.24) is 9.13 Å². The molecule has 2 aromatic carbocycles. The third-order valence-electron chi connectivity index (χ3n) is 4.90. The summed E-state index contributed by atoms with van der Waals surface area (Å²) in [4.78, 5) is 24.6. The van der Waals surface area contributed by atoms with Gasteiger partial charge in [0.15, 0.2) is 0 Å². The standard InChI is InChI=1S/C21H23N3O5S/c1-15-5-11-19(12-6-15)30(27,28)24(16-7-9-18(29-4)10-8-16)14-17-13-20(25)23(3)21(26)22(17)2/h5-13H,14H2,1-4H3. The van der Waals surface area contributed by atoms with Crippen molar-refractivity contribution in [2.75, 3.05) is 11.4 Å². The number of hydrogen-bond acceptors (Lipinski definition) is 5. The van der Waals surface area contributed by atoms with Gasteiger partial charge in [0, 0.05) is 25.9 Å². The maximum absolute atomic E-state index is 13.5. The SMILES string of the molecule is COc1ccc(N(Cc2cc(=O)n(C)c(=O)n2C)S(=O)(=O)c2ccc(C)cc2)cc1. The van der Waals surface area contributed by atoms with Gasteiger partial charge in [0.2, 0.25) is 0 Å². The fourth-order valence-electron chi connectivity index (χ4n) is 2.98. The normalized spacial score (nSPS) is 11.3. The van der Waals surface area contributed by atoms with Crippen LogP contribution >= 0.6 is 0 Å². The molecule has 0 atom stereocenters. The Balaban J connectivity index is 2.16. The Kier molecular flexibility index (Phi) is 5.84. The smallest absolute Gasteiger partial charge is 0.330 e. The number of nitrogens with zero attached hydrogens (tertiary/aromatic N) is 3. The lowest BCUT2D eigenvalue weighted by molar-refractivity contribution is 0.415. The molecule has 3 aromatic rings. The highest BCUT2D eigenvalue weighted by atomic mass is 32.2. The van der Waals surface area contributed by atoms with E-state index < -0.39 is 21.3 Å². The van der Waals surface area contributed by atoms with Gasteiger partial charge in [-0.25, -0.2) is 13.2 Å². The van der Waals surface area contributed by atoms with E-state index in [1.54, 1.807) is 36.4 Å². The zero-order valence-corrected chi connectivity index (χ0v) is 18.0. The van der Waals surface area contributed by atoms with E-state index in [0.29, 0.717) is 11.4 Å². The number of sulfonamides is 1. The molecule has 0 saturated carbocycles. The molecule has 30 heavy (non-hydrogen) atoms. The summed E-state index contributed by atoms with van der Waals surface area (Å²) in [5, 5.41) is 0. The average Bonchev–Trinajstić information content (AvgIpc) is 2.74. The summed E-state index contributed by atoms with van der Waals surface area (Å²) in [5.74, 6) is 0.576. The lowest BCUT2D eigenvalue weighted by atomic mass is 10.2. The number of aromatic nitrogens is 2. The van der Waals surface area contributed by atoms with Crippen LogP contribution in [0.5, 0.6) is 5.75 Å². The quantitative estimate of drug-likeness (QED) is 0.596. The highest BCUT2D eigenvalue weighted by molar-refractivity contribution is 7.92. The minimum atomic E-state index is -3.97. The summed E-state index contributed by atoms with van der Waals surface area (Å²) >= 11 is 0. The van der Waals surface area contributed by atoms with Crippen molar-refractivity contribution in [1.29, 1.82) is 0 Å². The summed E-state index contributed by atoms with van der Waals surface area (Å²) in [6, 6.07) is 14.3. The second-order valence-electron chi connectivity index (χ2n) is 6.90. The molecule has 1 heterocycles. The second-order valence-corrected chi connectivity index (χ2v) is 8.76. The van der Waals surface area contributed by atoms with Crippen LogP contribution in [0.3, 0.4) is 0 Å². The predicted octanol–water partition coefficient (Wildman–Crippen LogP) is 1.80. The Morgan fingerprint density at radius 1 is 0.933 bits per heavy atom. The van der Waals surface area contributed by atoms with Crippen molar-refractivity contribution in [3.63, 3.8) is 0 Å². The van der Waals surface area contributed by atoms with Crippen molar-refractivity contribution in [3.8, 4) is 5.75 Å². The number of aryl methyl sites for hydroxylation is 1. The highest BCUT2D eigenvalue weighted by Crippen LogP contribution is 2.27. The molecule has 0 aliphatic carbocycles. The van der Waals surface area contributed by atoms with Crippen molar-refractivity contribution in [3.05, 3.63) is 86.7 Å². The van der Waals surface area contributed by atoms with Crippen molar-refractivity contribution in [2.45, 2.75) is 18.4 Å². The van der Waals surface area contributed by atoms with E-state index >= 15 is 0 Å². The van der Waals surface area contributed by atoms with E-state index in [4.69, 9.17) is 4.74 Å². The van der Waals surface area contributed by atoms with Gasteiger partial charge in [-0.2, -0.15) is 0 Å². The third kappa shape index (κ3) is 4.02. The molecule has 3 rings (SSSR count). The first-order chi connectivity index (χ1) is 14.1. The molecule has 9 heteroatoms. The van der Waals surface area contributed by atoms with Gasteiger partial charge in [0.25, 0.3) is 15.6 Å². The van der Waals surface area contributed by atoms with Gasteiger partial charge in [-0.15, -0.1) is 0 Å². The molecule has 0 aliphatic rings. The zero-order chi connectivity index (χ0) is 22.1. The van der Waals surface area contributed by atoms with E-state index in [9.17, 15) is 18.0 Å². The summed E-state index contributed by atoms with van der Waals surface area (Å²) in [6.07, 6.45) is 0. The summed E-state index contributed by atoms with van der Waals surface area (Å²) in [5.41, 5.74) is 0.549. The highest BCUT2D eigenvalue weighted by Gasteiger charge is 2.26. The first-order valence-electron chi connectivity index (χ1n) is 9.14. The van der Waals surface area contributed by atoms with Crippen LogP contribution in [0.1, 0.15) is 11.3 Å². The van der Waals surface area contributed by atoms with Crippen LogP contribution in [0.15, 0.2) is 69.1 Å². The molecule has 158 valence electrons. The van der Waals surface area contributed by atoms with Crippen LogP contribution in [0.4, 0.5) is 5.69 Å². The van der Waals surface area contributed by atoms with Gasteiger partial charge in [-0.05, 0) is 43.3 Å². The molecule has 1 aromatic heterocycles. The van der Waals surface area contributed by atoms with E-state index in [1.807, 2.05) is 6.92 Å². The largest absolute Gasteiger partial charge is 0.497 e. The number of methoxy groups -OCH3 is 1. The van der Waals surface area contributed by atoms with Crippen LogP contribution < -0.4 is 20.3 Å². The van der Waals surface area contributed by atoms with Gasteiger partial charge in [-0.3, -0.25) is 18.2 Å². The average molecular weight is 429 g/mol. The van der Waals surface area contributed by atoms with E-state index in [-0.39, 0.29) is 17.1 Å². The topological polar surface area (TPSA) is 90.6 Å². The molecule has 0 amide bonds. The molecule has 0 fully saturated rings. The predicted molar refractivity (Wildman–Crippen MR) is 114 cm³/mol. The lowest BCUT2D eigenvalue weighted by Gasteiger charge is -2.25. The van der Waals surface area contributed by atoms with E-state index in [1.165, 1.54) is 48.3 Å². The van der Waals surface area contributed by atoms with Crippen LogP contribution in [0.2, 0.25) is 0 Å². The van der Waals surface area contributed by atoms with Crippen molar-refractivity contribution in [2.24, 2.45) is 14.1 Å². The van der Waals surface area contributed by atoms with Crippen LogP contribution in [0, 0.1) is 6.92 Å². The Hall–Kier alpha value is -3.33. The Labute approximate surface area is 174 Å². The first-order valence-corrected chi connectivity index (χ1v) is 10.6. The third-order valence-corrected chi connectivity index (χ3v) is 6.69. The van der Waals surface area contributed by atoms with Crippen LogP contribution in [-0.2, 0) is 30.7 Å². The molecule has 0 radical (unpaired) electrons. The molecule has 0 aliphatic heterocycles. The number of anilines is 1. The molecule has 0 bridgehead atoms. The van der Waals surface area contributed by atoms with Gasteiger partial charge >= 0.3 is 5.69 Å². The maximum Gasteiger partial charge on any atom is 0.330 e. The second kappa shape index (κ2) is 8.19. The zero-order valence-electron chi connectivity index (χ0n) is 17.2. The minimum Gasteiger partial charge on any atom is -0.497 e. The number of hydrogen-bond donors (Lipinski definition) is 0. The molecular weight excluding hydrogens is 406 g/mol. The molecular formula is C21H23N3O5S. The fourth-order valence-corrected chi connectivity index (χ4v) is 4.41.